The number of aromatic nitrogens is 2. The average molecular weight is 400 g/mol. The van der Waals surface area contributed by atoms with Crippen LogP contribution in [0.5, 0.6) is 11.5 Å². The summed E-state index contributed by atoms with van der Waals surface area (Å²) in [7, 11) is 0. The van der Waals surface area contributed by atoms with Crippen molar-refractivity contribution in [3.05, 3.63) is 50.9 Å². The Morgan fingerprint density at radius 3 is 2.96 bits per heavy atom. The Morgan fingerprint density at radius 1 is 1.43 bits per heavy atom. The SMILES string of the molecule is CCOc1cc(/C=N/NC(=O)Cn2cnc3sc(C)c(C)c3c2=O)ccc1O. The van der Waals surface area contributed by atoms with Crippen LogP contribution in [0.15, 0.2) is 34.4 Å². The van der Waals surface area contributed by atoms with Gasteiger partial charge in [0.2, 0.25) is 0 Å². The topological polar surface area (TPSA) is 106 Å². The van der Waals surface area contributed by atoms with Crippen molar-refractivity contribution in [1.29, 1.82) is 0 Å². The molecule has 1 amide bonds. The first-order valence-corrected chi connectivity index (χ1v) is 9.45. The summed E-state index contributed by atoms with van der Waals surface area (Å²) in [6.07, 6.45) is 2.80. The summed E-state index contributed by atoms with van der Waals surface area (Å²) < 4.78 is 6.56. The minimum Gasteiger partial charge on any atom is -0.504 e. The fourth-order valence-corrected chi connectivity index (χ4v) is 3.62. The molecule has 0 saturated heterocycles. The number of fused-ring (bicyclic) bond motifs is 1. The van der Waals surface area contributed by atoms with Gasteiger partial charge in [0.1, 0.15) is 11.4 Å². The quantitative estimate of drug-likeness (QED) is 0.488. The van der Waals surface area contributed by atoms with Crippen LogP contribution >= 0.6 is 11.3 Å². The van der Waals surface area contributed by atoms with E-state index in [0.29, 0.717) is 28.1 Å². The predicted molar refractivity (Wildman–Crippen MR) is 108 cm³/mol. The van der Waals surface area contributed by atoms with Crippen LogP contribution in [0, 0.1) is 13.8 Å². The Kier molecular flexibility index (Phi) is 5.74. The van der Waals surface area contributed by atoms with Crippen molar-refractivity contribution in [2.75, 3.05) is 6.61 Å². The van der Waals surface area contributed by atoms with E-state index in [4.69, 9.17) is 4.74 Å². The first-order valence-electron chi connectivity index (χ1n) is 8.63. The van der Waals surface area contributed by atoms with Crippen molar-refractivity contribution in [2.45, 2.75) is 27.3 Å². The third-order valence-electron chi connectivity index (χ3n) is 4.16. The van der Waals surface area contributed by atoms with Gasteiger partial charge < -0.3 is 9.84 Å². The number of hydrogen-bond donors (Lipinski definition) is 2. The second-order valence-electron chi connectivity index (χ2n) is 6.09. The van der Waals surface area contributed by atoms with Crippen molar-refractivity contribution in [3.63, 3.8) is 0 Å². The molecule has 0 aliphatic heterocycles. The molecule has 0 unspecified atom stereocenters. The first kappa shape index (κ1) is 19.6. The maximum Gasteiger partial charge on any atom is 0.262 e. The number of thiophene rings is 1. The monoisotopic (exact) mass is 400 g/mol. The lowest BCUT2D eigenvalue weighted by Crippen LogP contribution is -2.30. The molecule has 8 nitrogen and oxygen atoms in total. The maximum absolute atomic E-state index is 12.6. The molecule has 0 fully saturated rings. The fourth-order valence-electron chi connectivity index (χ4n) is 2.63. The molecule has 2 N–H and O–H groups in total. The van der Waals surface area contributed by atoms with Gasteiger partial charge in [-0.15, -0.1) is 11.3 Å². The number of nitrogens with one attached hydrogen (secondary N) is 1. The highest BCUT2D eigenvalue weighted by Crippen LogP contribution is 2.26. The zero-order valence-corrected chi connectivity index (χ0v) is 16.5. The lowest BCUT2D eigenvalue weighted by Gasteiger charge is -2.06. The van der Waals surface area contributed by atoms with E-state index in [-0.39, 0.29) is 17.9 Å². The van der Waals surface area contributed by atoms with Crippen LogP contribution in [-0.2, 0) is 11.3 Å². The summed E-state index contributed by atoms with van der Waals surface area (Å²) in [4.78, 5) is 30.7. The van der Waals surface area contributed by atoms with E-state index in [1.54, 1.807) is 12.1 Å². The van der Waals surface area contributed by atoms with Gasteiger partial charge >= 0.3 is 0 Å². The number of benzene rings is 1. The molecule has 1 aromatic carbocycles. The highest BCUT2D eigenvalue weighted by molar-refractivity contribution is 7.18. The molecule has 3 aromatic rings. The van der Waals surface area contributed by atoms with Gasteiger partial charge in [0.25, 0.3) is 11.5 Å². The average Bonchev–Trinajstić information content (AvgIpc) is 2.95. The first-order chi connectivity index (χ1) is 13.4. The van der Waals surface area contributed by atoms with E-state index in [1.807, 2.05) is 20.8 Å². The maximum atomic E-state index is 12.6. The fraction of sp³-hybridized carbons (Fsp3) is 0.263. The van der Waals surface area contributed by atoms with E-state index in [9.17, 15) is 14.7 Å². The number of aromatic hydroxyl groups is 1. The Morgan fingerprint density at radius 2 is 2.21 bits per heavy atom. The molecule has 0 bridgehead atoms. The molecule has 28 heavy (non-hydrogen) atoms. The van der Waals surface area contributed by atoms with E-state index in [0.717, 1.165) is 10.4 Å². The molecule has 146 valence electrons. The minimum atomic E-state index is -0.451. The van der Waals surface area contributed by atoms with Crippen molar-refractivity contribution >= 4 is 33.7 Å². The number of ether oxygens (including phenoxy) is 1. The summed E-state index contributed by atoms with van der Waals surface area (Å²) >= 11 is 1.46. The molecule has 0 spiro atoms. The van der Waals surface area contributed by atoms with Crippen molar-refractivity contribution < 1.29 is 14.6 Å². The largest absolute Gasteiger partial charge is 0.504 e. The van der Waals surface area contributed by atoms with Gasteiger partial charge in [0.15, 0.2) is 11.5 Å². The van der Waals surface area contributed by atoms with Gasteiger partial charge in [-0.25, -0.2) is 10.4 Å². The molecule has 2 heterocycles. The molecule has 0 aliphatic carbocycles. The second kappa shape index (κ2) is 8.22. The third-order valence-corrected chi connectivity index (χ3v) is 5.27. The van der Waals surface area contributed by atoms with Crippen LogP contribution in [0.25, 0.3) is 10.2 Å². The summed E-state index contributed by atoms with van der Waals surface area (Å²) in [6, 6.07) is 4.73. The molecular formula is C19H20N4O4S. The van der Waals surface area contributed by atoms with Crippen molar-refractivity contribution in [1.82, 2.24) is 15.0 Å². The van der Waals surface area contributed by atoms with Gasteiger partial charge in [-0.3, -0.25) is 14.2 Å². The Balaban J connectivity index is 1.69. The number of phenolic OH excluding ortho intramolecular Hbond substituents is 1. The van der Waals surface area contributed by atoms with Crippen LogP contribution in [0.2, 0.25) is 0 Å². The highest BCUT2D eigenvalue weighted by Gasteiger charge is 2.13. The molecule has 0 saturated carbocycles. The van der Waals surface area contributed by atoms with Crippen LogP contribution in [-0.4, -0.2) is 33.4 Å². The highest BCUT2D eigenvalue weighted by atomic mass is 32.1. The van der Waals surface area contributed by atoms with Gasteiger partial charge in [-0.2, -0.15) is 5.10 Å². The van der Waals surface area contributed by atoms with E-state index in [2.05, 4.69) is 15.5 Å². The lowest BCUT2D eigenvalue weighted by atomic mass is 10.2. The van der Waals surface area contributed by atoms with Crippen molar-refractivity contribution in [3.8, 4) is 11.5 Å². The minimum absolute atomic E-state index is 0.0317. The zero-order valence-electron chi connectivity index (χ0n) is 15.7. The van der Waals surface area contributed by atoms with Crippen LogP contribution in [0.1, 0.15) is 22.9 Å². The van der Waals surface area contributed by atoms with Gasteiger partial charge in [0.05, 0.1) is 24.5 Å². The normalized spacial score (nSPS) is 11.2. The molecule has 3 rings (SSSR count). The number of aryl methyl sites for hydroxylation is 2. The second-order valence-corrected chi connectivity index (χ2v) is 7.30. The molecule has 0 radical (unpaired) electrons. The van der Waals surface area contributed by atoms with Crippen molar-refractivity contribution in [2.24, 2.45) is 5.10 Å². The number of carbonyl (C=O) groups is 1. The predicted octanol–water partition coefficient (Wildman–Crippen LogP) is 2.33. The number of rotatable bonds is 6. The smallest absolute Gasteiger partial charge is 0.262 e. The standard InChI is InChI=1S/C19H20N4O4S/c1-4-27-15-7-13(5-6-14(15)24)8-21-22-16(25)9-23-10-20-18-17(19(23)26)11(2)12(3)28-18/h5-8,10,24H,4,9H2,1-3H3,(H,22,25)/b21-8+. The number of hydrazone groups is 1. The Bertz CT molecular complexity index is 1120. The summed E-state index contributed by atoms with van der Waals surface area (Å²) in [5.74, 6) is -0.0812. The van der Waals surface area contributed by atoms with E-state index < -0.39 is 5.91 Å². The number of carbonyl (C=O) groups excluding carboxylic acids is 1. The van der Waals surface area contributed by atoms with Gasteiger partial charge in [-0.1, -0.05) is 0 Å². The summed E-state index contributed by atoms with van der Waals surface area (Å²) in [6.45, 7) is 5.86. The number of amides is 1. The molecule has 0 atom stereocenters. The third kappa shape index (κ3) is 4.04. The summed E-state index contributed by atoms with van der Waals surface area (Å²) in [5, 5.41) is 14.1. The zero-order chi connectivity index (χ0) is 20.3. The summed E-state index contributed by atoms with van der Waals surface area (Å²) in [5.41, 5.74) is 3.67. The number of phenols is 1. The number of nitrogens with zero attached hydrogens (tertiary/aromatic N) is 3. The van der Waals surface area contributed by atoms with Gasteiger partial charge in [0, 0.05) is 4.88 Å². The van der Waals surface area contributed by atoms with Crippen LogP contribution < -0.4 is 15.7 Å². The van der Waals surface area contributed by atoms with E-state index in [1.165, 1.54) is 34.5 Å². The van der Waals surface area contributed by atoms with Gasteiger partial charge in [-0.05, 0) is 50.1 Å². The van der Waals surface area contributed by atoms with Crippen LogP contribution in [0.3, 0.4) is 0 Å². The molecule has 9 heteroatoms. The Labute approximate surface area is 165 Å². The Hall–Kier alpha value is -3.20. The molecule has 2 aromatic heterocycles. The van der Waals surface area contributed by atoms with E-state index >= 15 is 0 Å². The molecule has 0 aliphatic rings. The number of hydrogen-bond acceptors (Lipinski definition) is 7. The van der Waals surface area contributed by atoms with Crippen LogP contribution in [0.4, 0.5) is 0 Å². The molecular weight excluding hydrogens is 380 g/mol. The lowest BCUT2D eigenvalue weighted by molar-refractivity contribution is -0.121.